The molecule has 3 rings (SSSR count). The smallest absolute Gasteiger partial charge is 0.317 e. The number of aryl methyl sites for hydroxylation is 1. The zero-order valence-electron chi connectivity index (χ0n) is 13.4. The lowest BCUT2D eigenvalue weighted by Crippen LogP contribution is -2.47. The molecule has 2 aromatic rings. The number of nitrogens with zero attached hydrogens (tertiary/aromatic N) is 2. The minimum Gasteiger partial charge on any atom is -0.356 e. The number of hydrogen-bond acceptors (Lipinski definition) is 3. The van der Waals surface area contributed by atoms with E-state index >= 15 is 0 Å². The van der Waals surface area contributed by atoms with Crippen molar-refractivity contribution in [3.05, 3.63) is 29.5 Å². The molecule has 0 aliphatic carbocycles. The Balaban J connectivity index is 1.66. The molecular formula is C17H23N3O2. The predicted octanol–water partition coefficient (Wildman–Crippen LogP) is 3.32. The van der Waals surface area contributed by atoms with E-state index < -0.39 is 0 Å². The van der Waals surface area contributed by atoms with Crippen LogP contribution in [0, 0.1) is 18.8 Å². The number of hydrogen-bond donors (Lipinski definition) is 1. The van der Waals surface area contributed by atoms with Gasteiger partial charge < -0.3 is 14.7 Å². The second-order valence-electron chi connectivity index (χ2n) is 6.64. The average Bonchev–Trinajstić information content (AvgIpc) is 2.86. The van der Waals surface area contributed by atoms with E-state index in [1.165, 1.54) is 6.42 Å². The first kappa shape index (κ1) is 14.9. The van der Waals surface area contributed by atoms with Crippen LogP contribution in [0.4, 0.5) is 4.79 Å². The van der Waals surface area contributed by atoms with E-state index in [1.54, 1.807) is 0 Å². The molecule has 1 aromatic carbocycles. The summed E-state index contributed by atoms with van der Waals surface area (Å²) in [4.78, 5) is 14.3. The molecule has 118 valence electrons. The number of rotatable bonds is 2. The standard InChI is InChI=1S/C17H23N3O2/c1-11-4-5-16-14(7-11)15(19-22-16)8-18-17(21)20-9-12(2)6-13(3)10-20/h4-5,7,12-13H,6,8-10H2,1-3H3,(H,18,21). The molecule has 1 N–H and O–H groups in total. The summed E-state index contributed by atoms with van der Waals surface area (Å²) in [6.07, 6.45) is 1.19. The van der Waals surface area contributed by atoms with Crippen LogP contribution in [0.15, 0.2) is 22.7 Å². The lowest BCUT2D eigenvalue weighted by molar-refractivity contribution is 0.145. The number of benzene rings is 1. The van der Waals surface area contributed by atoms with E-state index in [-0.39, 0.29) is 6.03 Å². The summed E-state index contributed by atoms with van der Waals surface area (Å²) in [6.45, 7) is 8.48. The maximum atomic E-state index is 12.3. The van der Waals surface area contributed by atoms with E-state index in [2.05, 4.69) is 24.3 Å². The Hall–Kier alpha value is -2.04. The lowest BCUT2D eigenvalue weighted by atomic mass is 9.92. The molecule has 2 atom stereocenters. The van der Waals surface area contributed by atoms with Gasteiger partial charge in [0, 0.05) is 18.5 Å². The minimum atomic E-state index is -0.0118. The number of likely N-dealkylation sites (tertiary alicyclic amines) is 1. The molecule has 5 nitrogen and oxygen atoms in total. The molecule has 0 bridgehead atoms. The van der Waals surface area contributed by atoms with Crippen LogP contribution >= 0.6 is 0 Å². The number of urea groups is 1. The SMILES string of the molecule is Cc1ccc2onc(CNC(=O)N3CC(C)CC(C)C3)c2c1. The Kier molecular flexibility index (Phi) is 4.05. The van der Waals surface area contributed by atoms with Gasteiger partial charge in [-0.05, 0) is 37.3 Å². The number of amides is 2. The van der Waals surface area contributed by atoms with E-state index in [9.17, 15) is 4.79 Å². The quantitative estimate of drug-likeness (QED) is 0.925. The number of nitrogens with one attached hydrogen (secondary N) is 1. The van der Waals surface area contributed by atoms with Crippen LogP contribution in [0.2, 0.25) is 0 Å². The molecule has 1 saturated heterocycles. The van der Waals surface area contributed by atoms with Crippen molar-refractivity contribution in [2.75, 3.05) is 13.1 Å². The summed E-state index contributed by atoms with van der Waals surface area (Å²) < 4.78 is 5.30. The van der Waals surface area contributed by atoms with Gasteiger partial charge in [-0.25, -0.2) is 4.79 Å². The highest BCUT2D eigenvalue weighted by molar-refractivity contribution is 5.81. The van der Waals surface area contributed by atoms with Gasteiger partial charge >= 0.3 is 6.03 Å². The highest BCUT2D eigenvalue weighted by atomic mass is 16.5. The number of carbonyl (C=O) groups is 1. The van der Waals surface area contributed by atoms with Gasteiger partial charge in [0.05, 0.1) is 6.54 Å². The fraction of sp³-hybridized carbons (Fsp3) is 0.529. The molecular weight excluding hydrogens is 278 g/mol. The molecule has 1 aliphatic heterocycles. The Morgan fingerprint density at radius 2 is 2.09 bits per heavy atom. The average molecular weight is 301 g/mol. The fourth-order valence-corrected chi connectivity index (χ4v) is 3.33. The first-order valence-corrected chi connectivity index (χ1v) is 7.90. The Morgan fingerprint density at radius 3 is 2.82 bits per heavy atom. The molecule has 0 saturated carbocycles. The molecule has 1 aliphatic rings. The Bertz CT molecular complexity index is 670. The molecule has 2 amide bonds. The van der Waals surface area contributed by atoms with Crippen molar-refractivity contribution in [3.8, 4) is 0 Å². The third-order valence-electron chi connectivity index (χ3n) is 4.26. The fourth-order valence-electron chi connectivity index (χ4n) is 3.33. The van der Waals surface area contributed by atoms with Gasteiger partial charge in [0.2, 0.25) is 0 Å². The van der Waals surface area contributed by atoms with Gasteiger partial charge in [-0.15, -0.1) is 0 Å². The summed E-state index contributed by atoms with van der Waals surface area (Å²) in [6, 6.07) is 5.93. The summed E-state index contributed by atoms with van der Waals surface area (Å²) in [5, 5.41) is 8.02. The van der Waals surface area contributed by atoms with Crippen LogP contribution in [0.25, 0.3) is 11.0 Å². The van der Waals surface area contributed by atoms with E-state index in [0.29, 0.717) is 18.4 Å². The summed E-state index contributed by atoms with van der Waals surface area (Å²) in [5.41, 5.74) is 2.70. The molecule has 2 unspecified atom stereocenters. The zero-order valence-corrected chi connectivity index (χ0v) is 13.4. The second-order valence-corrected chi connectivity index (χ2v) is 6.64. The molecule has 5 heteroatoms. The third kappa shape index (κ3) is 3.08. The molecule has 1 aromatic heterocycles. The zero-order chi connectivity index (χ0) is 15.7. The third-order valence-corrected chi connectivity index (χ3v) is 4.26. The largest absolute Gasteiger partial charge is 0.356 e. The number of aromatic nitrogens is 1. The van der Waals surface area contributed by atoms with Crippen LogP contribution in [0.1, 0.15) is 31.5 Å². The Labute approximate surface area is 130 Å². The second kappa shape index (κ2) is 5.99. The molecule has 0 spiro atoms. The van der Waals surface area contributed by atoms with Gasteiger partial charge in [-0.1, -0.05) is 30.6 Å². The predicted molar refractivity (Wildman–Crippen MR) is 85.5 cm³/mol. The molecule has 0 radical (unpaired) electrons. The highest BCUT2D eigenvalue weighted by Gasteiger charge is 2.25. The van der Waals surface area contributed by atoms with Gasteiger partial charge in [0.15, 0.2) is 5.58 Å². The number of piperidine rings is 1. The maximum absolute atomic E-state index is 12.3. The maximum Gasteiger partial charge on any atom is 0.317 e. The molecule has 1 fully saturated rings. The van der Waals surface area contributed by atoms with Crippen molar-refractivity contribution in [3.63, 3.8) is 0 Å². The molecule has 22 heavy (non-hydrogen) atoms. The monoisotopic (exact) mass is 301 g/mol. The summed E-state index contributed by atoms with van der Waals surface area (Å²) in [5.74, 6) is 1.12. The van der Waals surface area contributed by atoms with Gasteiger partial charge in [0.1, 0.15) is 5.69 Å². The first-order chi connectivity index (χ1) is 10.5. The van der Waals surface area contributed by atoms with Crippen LogP contribution in [-0.2, 0) is 6.54 Å². The minimum absolute atomic E-state index is 0.0118. The Morgan fingerprint density at radius 1 is 1.36 bits per heavy atom. The van der Waals surface area contributed by atoms with Crippen LogP contribution < -0.4 is 5.32 Å². The van der Waals surface area contributed by atoms with Gasteiger partial charge in [-0.3, -0.25) is 0 Å². The number of fused-ring (bicyclic) bond motifs is 1. The number of carbonyl (C=O) groups excluding carboxylic acids is 1. The lowest BCUT2D eigenvalue weighted by Gasteiger charge is -2.34. The van der Waals surface area contributed by atoms with Crippen molar-refractivity contribution >= 4 is 17.0 Å². The molecule has 2 heterocycles. The first-order valence-electron chi connectivity index (χ1n) is 7.90. The van der Waals surface area contributed by atoms with Crippen molar-refractivity contribution in [1.82, 2.24) is 15.4 Å². The van der Waals surface area contributed by atoms with Crippen LogP contribution in [0.5, 0.6) is 0 Å². The van der Waals surface area contributed by atoms with Gasteiger partial charge in [0.25, 0.3) is 0 Å². The highest BCUT2D eigenvalue weighted by Crippen LogP contribution is 2.22. The van der Waals surface area contributed by atoms with E-state index in [0.717, 1.165) is 35.3 Å². The van der Waals surface area contributed by atoms with Crippen molar-refractivity contribution in [1.29, 1.82) is 0 Å². The van der Waals surface area contributed by atoms with Crippen molar-refractivity contribution in [2.24, 2.45) is 11.8 Å². The van der Waals surface area contributed by atoms with Gasteiger partial charge in [-0.2, -0.15) is 0 Å². The van der Waals surface area contributed by atoms with E-state index in [1.807, 2.05) is 30.0 Å². The van der Waals surface area contributed by atoms with Crippen molar-refractivity contribution < 1.29 is 9.32 Å². The summed E-state index contributed by atoms with van der Waals surface area (Å²) in [7, 11) is 0. The topological polar surface area (TPSA) is 58.4 Å². The van der Waals surface area contributed by atoms with E-state index in [4.69, 9.17) is 4.52 Å². The normalized spacial score (nSPS) is 22.0. The van der Waals surface area contributed by atoms with Crippen molar-refractivity contribution in [2.45, 2.75) is 33.7 Å². The summed E-state index contributed by atoms with van der Waals surface area (Å²) >= 11 is 0. The van der Waals surface area contributed by atoms with Crippen LogP contribution in [-0.4, -0.2) is 29.2 Å². The van der Waals surface area contributed by atoms with Crippen LogP contribution in [0.3, 0.4) is 0 Å².